The van der Waals surface area contributed by atoms with Crippen molar-refractivity contribution in [1.82, 2.24) is 24.4 Å². The number of hydrogen-bond acceptors (Lipinski definition) is 9. The summed E-state index contributed by atoms with van der Waals surface area (Å²) in [7, 11) is 1.35. The summed E-state index contributed by atoms with van der Waals surface area (Å²) in [6.45, 7) is 0.535. The molecule has 1 aliphatic rings. The van der Waals surface area contributed by atoms with Crippen LogP contribution in [0.2, 0.25) is 0 Å². The SMILES string of the molecule is CN(C=O)C(O)[C@H]1O[C@@H](n2cnc3c(NCc4ccccc4)ncnc32)[C@H](O)[C@@H]1O. The Morgan fingerprint density at radius 3 is 2.73 bits per heavy atom. The van der Waals surface area contributed by atoms with Crippen molar-refractivity contribution < 1.29 is 24.9 Å². The molecule has 0 spiro atoms. The summed E-state index contributed by atoms with van der Waals surface area (Å²) in [6.07, 6.45) is -3.27. The number of amides is 1. The quantitative estimate of drug-likeness (QED) is 0.296. The van der Waals surface area contributed by atoms with Gasteiger partial charge in [0.25, 0.3) is 0 Å². The van der Waals surface area contributed by atoms with Crippen LogP contribution < -0.4 is 5.32 Å². The molecule has 0 bridgehead atoms. The average Bonchev–Trinajstić information content (AvgIpc) is 3.33. The number of benzene rings is 1. The van der Waals surface area contributed by atoms with Gasteiger partial charge in [0.15, 0.2) is 29.4 Å². The second-order valence-electron chi connectivity index (χ2n) is 7.04. The number of nitrogens with one attached hydrogen (secondary N) is 1. The van der Waals surface area contributed by atoms with Crippen LogP contribution in [-0.4, -0.2) is 77.7 Å². The van der Waals surface area contributed by atoms with Gasteiger partial charge in [0.1, 0.15) is 24.6 Å². The Morgan fingerprint density at radius 1 is 1.23 bits per heavy atom. The number of imidazole rings is 1. The Bertz CT molecular complexity index is 1020. The van der Waals surface area contributed by atoms with Crippen molar-refractivity contribution in [3.05, 3.63) is 48.5 Å². The van der Waals surface area contributed by atoms with Crippen LogP contribution >= 0.6 is 0 Å². The highest BCUT2D eigenvalue weighted by Gasteiger charge is 2.48. The van der Waals surface area contributed by atoms with E-state index in [2.05, 4.69) is 20.3 Å². The van der Waals surface area contributed by atoms with Gasteiger partial charge in [-0.25, -0.2) is 15.0 Å². The van der Waals surface area contributed by atoms with Gasteiger partial charge < -0.3 is 30.3 Å². The maximum Gasteiger partial charge on any atom is 0.211 e. The number of carbonyl (C=O) groups excluding carboxylic acids is 1. The van der Waals surface area contributed by atoms with Crippen molar-refractivity contribution in [2.24, 2.45) is 0 Å². The number of aliphatic hydroxyl groups excluding tert-OH is 3. The minimum absolute atomic E-state index is 0.385. The summed E-state index contributed by atoms with van der Waals surface area (Å²) in [5.41, 5.74) is 1.92. The number of aromatic nitrogens is 4. The minimum Gasteiger partial charge on any atom is -0.387 e. The van der Waals surface area contributed by atoms with E-state index in [0.717, 1.165) is 10.5 Å². The smallest absolute Gasteiger partial charge is 0.211 e. The third-order valence-corrected chi connectivity index (χ3v) is 5.09. The summed E-state index contributed by atoms with van der Waals surface area (Å²) in [4.78, 5) is 24.6. The summed E-state index contributed by atoms with van der Waals surface area (Å²) >= 11 is 0. The summed E-state index contributed by atoms with van der Waals surface area (Å²) < 4.78 is 7.15. The van der Waals surface area contributed by atoms with Crippen LogP contribution in [0.25, 0.3) is 11.2 Å². The number of hydrogen-bond donors (Lipinski definition) is 4. The molecule has 2 aromatic heterocycles. The van der Waals surface area contributed by atoms with Crippen LogP contribution in [0.1, 0.15) is 11.8 Å². The molecule has 4 N–H and O–H groups in total. The fourth-order valence-corrected chi connectivity index (χ4v) is 3.41. The molecule has 0 aliphatic carbocycles. The summed E-state index contributed by atoms with van der Waals surface area (Å²) in [5, 5.41) is 34.2. The second-order valence-corrected chi connectivity index (χ2v) is 7.04. The average molecular weight is 414 g/mol. The van der Waals surface area contributed by atoms with Gasteiger partial charge in [-0.05, 0) is 5.56 Å². The fourth-order valence-electron chi connectivity index (χ4n) is 3.41. The van der Waals surface area contributed by atoms with Gasteiger partial charge in [0.05, 0.1) is 6.33 Å². The predicted molar refractivity (Wildman–Crippen MR) is 105 cm³/mol. The van der Waals surface area contributed by atoms with Gasteiger partial charge in [-0.2, -0.15) is 0 Å². The van der Waals surface area contributed by atoms with E-state index in [1.807, 2.05) is 30.3 Å². The van der Waals surface area contributed by atoms with Crippen LogP contribution in [0.5, 0.6) is 0 Å². The van der Waals surface area contributed by atoms with Gasteiger partial charge >= 0.3 is 0 Å². The molecule has 30 heavy (non-hydrogen) atoms. The maximum atomic E-state index is 10.9. The minimum atomic E-state index is -1.43. The zero-order valence-corrected chi connectivity index (χ0v) is 16.1. The Kier molecular flexibility index (Phi) is 5.59. The van der Waals surface area contributed by atoms with Gasteiger partial charge in [-0.15, -0.1) is 0 Å². The molecule has 11 nitrogen and oxygen atoms in total. The highest BCUT2D eigenvalue weighted by molar-refractivity contribution is 5.82. The molecule has 1 aromatic carbocycles. The third kappa shape index (κ3) is 3.59. The van der Waals surface area contributed by atoms with Crippen LogP contribution in [0.3, 0.4) is 0 Å². The molecule has 158 valence electrons. The fraction of sp³-hybridized carbons (Fsp3) is 0.368. The Balaban J connectivity index is 1.58. The van der Waals surface area contributed by atoms with Gasteiger partial charge in [-0.1, -0.05) is 30.3 Å². The van der Waals surface area contributed by atoms with E-state index in [9.17, 15) is 20.1 Å². The molecule has 4 rings (SSSR count). The monoisotopic (exact) mass is 414 g/mol. The molecule has 1 amide bonds. The van der Waals surface area contributed by atoms with Crippen molar-refractivity contribution in [1.29, 1.82) is 0 Å². The second kappa shape index (κ2) is 8.32. The summed E-state index contributed by atoms with van der Waals surface area (Å²) in [6, 6.07) is 9.79. The topological polar surface area (TPSA) is 146 Å². The Morgan fingerprint density at radius 2 is 2.00 bits per heavy atom. The first-order valence-electron chi connectivity index (χ1n) is 9.33. The number of ether oxygens (including phenoxy) is 1. The van der Waals surface area contributed by atoms with Gasteiger partial charge in [-0.3, -0.25) is 9.36 Å². The lowest BCUT2D eigenvalue weighted by atomic mass is 10.1. The number of aliphatic hydroxyl groups is 3. The molecule has 0 saturated carbocycles. The van der Waals surface area contributed by atoms with E-state index in [-0.39, 0.29) is 0 Å². The normalized spacial score (nSPS) is 24.7. The Labute approximate surface area is 171 Å². The molecule has 1 aliphatic heterocycles. The lowest BCUT2D eigenvalue weighted by molar-refractivity contribution is -0.149. The number of likely N-dealkylation sites (N-methyl/N-ethyl adjacent to an activating group) is 1. The first-order chi connectivity index (χ1) is 14.5. The van der Waals surface area contributed by atoms with Crippen LogP contribution in [0.15, 0.2) is 43.0 Å². The molecule has 1 unspecified atom stereocenters. The Hall–Kier alpha value is -3.12. The van der Waals surface area contributed by atoms with Crippen molar-refractivity contribution in [3.63, 3.8) is 0 Å². The molecular weight excluding hydrogens is 392 g/mol. The molecule has 1 saturated heterocycles. The van der Waals surface area contributed by atoms with E-state index in [4.69, 9.17) is 4.74 Å². The molecule has 1 fully saturated rings. The number of fused-ring (bicyclic) bond motifs is 1. The molecule has 5 atom stereocenters. The lowest BCUT2D eigenvalue weighted by Gasteiger charge is -2.26. The highest BCUT2D eigenvalue weighted by Crippen LogP contribution is 2.33. The van der Waals surface area contributed by atoms with E-state index >= 15 is 0 Å². The standard InChI is InChI=1S/C19H22N6O5/c1-24(10-26)18(29)15-13(27)14(28)19(30-15)25-9-23-12-16(21-8-22-17(12)25)20-7-11-5-3-2-4-6-11/h2-6,8-10,13-15,18-19,27-29H,7H2,1H3,(H,20,21,22)/t13-,14+,15-,18?,19+/m0/s1. The van der Waals surface area contributed by atoms with E-state index in [1.54, 1.807) is 0 Å². The summed E-state index contributed by atoms with van der Waals surface area (Å²) in [5.74, 6) is 0.507. The van der Waals surface area contributed by atoms with Crippen LogP contribution in [0.4, 0.5) is 5.82 Å². The lowest BCUT2D eigenvalue weighted by Crippen LogP contribution is -2.46. The van der Waals surface area contributed by atoms with Crippen LogP contribution in [-0.2, 0) is 16.1 Å². The number of rotatable bonds is 7. The van der Waals surface area contributed by atoms with Crippen molar-refractivity contribution in [3.8, 4) is 0 Å². The van der Waals surface area contributed by atoms with Crippen molar-refractivity contribution in [2.45, 2.75) is 37.3 Å². The number of carbonyl (C=O) groups is 1. The molecule has 3 heterocycles. The predicted octanol–water partition coefficient (Wildman–Crippen LogP) is -0.536. The first kappa shape index (κ1) is 20.2. The highest BCUT2D eigenvalue weighted by atomic mass is 16.6. The van der Waals surface area contributed by atoms with Gasteiger partial charge in [0, 0.05) is 13.6 Å². The molecule has 0 radical (unpaired) electrons. The van der Waals surface area contributed by atoms with E-state index in [1.165, 1.54) is 24.3 Å². The van der Waals surface area contributed by atoms with E-state index in [0.29, 0.717) is 29.9 Å². The van der Waals surface area contributed by atoms with Crippen LogP contribution in [0, 0.1) is 0 Å². The first-order valence-corrected chi connectivity index (χ1v) is 9.33. The van der Waals surface area contributed by atoms with E-state index < -0.39 is 30.8 Å². The zero-order chi connectivity index (χ0) is 21.3. The van der Waals surface area contributed by atoms with Gasteiger partial charge in [0.2, 0.25) is 6.41 Å². The largest absolute Gasteiger partial charge is 0.387 e. The van der Waals surface area contributed by atoms with Crippen molar-refractivity contribution >= 4 is 23.4 Å². The number of nitrogens with zero attached hydrogens (tertiary/aromatic N) is 5. The number of anilines is 1. The maximum absolute atomic E-state index is 10.9. The third-order valence-electron chi connectivity index (χ3n) is 5.09. The molecule has 3 aromatic rings. The van der Waals surface area contributed by atoms with Crippen molar-refractivity contribution in [2.75, 3.05) is 12.4 Å². The molecule has 11 heteroatoms. The zero-order valence-electron chi connectivity index (χ0n) is 16.1. The molecular formula is C19H22N6O5.